The highest BCUT2D eigenvalue weighted by molar-refractivity contribution is 5.93. The van der Waals surface area contributed by atoms with E-state index in [0.717, 1.165) is 0 Å². The topological polar surface area (TPSA) is 78.3 Å². The number of carbonyl (C=O) groups excluding carboxylic acids is 1. The van der Waals surface area contributed by atoms with Gasteiger partial charge in [0.1, 0.15) is 17.4 Å². The predicted molar refractivity (Wildman–Crippen MR) is 46.1 cm³/mol. The van der Waals surface area contributed by atoms with E-state index in [0.29, 0.717) is 0 Å². The fourth-order valence-electron chi connectivity index (χ4n) is 0.731. The molecule has 5 heteroatoms. The van der Waals surface area contributed by atoms with E-state index in [2.05, 4.69) is 9.68 Å². The van der Waals surface area contributed by atoms with Gasteiger partial charge >= 0.3 is 5.97 Å². The largest absolute Gasteiger partial charge is 0.456 e. The molecule has 2 N–H and O–H groups in total. The molecular formula is C8H12N2O3. The third kappa shape index (κ3) is 2.47. The van der Waals surface area contributed by atoms with Crippen LogP contribution in [-0.4, -0.2) is 16.7 Å². The summed E-state index contributed by atoms with van der Waals surface area (Å²) < 4.78 is 9.55. The number of esters is 1. The van der Waals surface area contributed by atoms with Crippen LogP contribution in [0.5, 0.6) is 0 Å². The maximum atomic E-state index is 11.3. The summed E-state index contributed by atoms with van der Waals surface area (Å²) in [7, 11) is 0. The van der Waals surface area contributed by atoms with Crippen molar-refractivity contribution in [3.63, 3.8) is 0 Å². The lowest BCUT2D eigenvalue weighted by atomic mass is 10.2. The summed E-state index contributed by atoms with van der Waals surface area (Å²) in [5.41, 5.74) is 4.98. The second kappa shape index (κ2) is 3.08. The molecule has 1 aromatic heterocycles. The lowest BCUT2D eigenvalue weighted by molar-refractivity contribution is 0.00700. The Labute approximate surface area is 75.8 Å². The minimum atomic E-state index is -0.541. The number of ether oxygens (including phenoxy) is 1. The van der Waals surface area contributed by atoms with Gasteiger partial charge in [-0.2, -0.15) is 0 Å². The summed E-state index contributed by atoms with van der Waals surface area (Å²) in [6.07, 6.45) is 1.17. The van der Waals surface area contributed by atoms with Crippen LogP contribution in [0.25, 0.3) is 0 Å². The smallest absolute Gasteiger partial charge is 0.345 e. The molecule has 0 bridgehead atoms. The first-order chi connectivity index (χ1) is 5.90. The molecule has 0 unspecified atom stereocenters. The average Bonchev–Trinajstić information content (AvgIpc) is 2.30. The number of nitrogen functional groups attached to an aromatic ring is 1. The summed E-state index contributed by atoms with van der Waals surface area (Å²) in [6, 6.07) is 0. The minimum Gasteiger partial charge on any atom is -0.456 e. The Balaban J connectivity index is 2.76. The monoisotopic (exact) mass is 184 g/mol. The number of carbonyl (C=O) groups is 1. The van der Waals surface area contributed by atoms with Crippen molar-refractivity contribution < 1.29 is 14.1 Å². The Kier molecular flexibility index (Phi) is 2.27. The normalized spacial score (nSPS) is 11.3. The van der Waals surface area contributed by atoms with E-state index >= 15 is 0 Å². The molecule has 0 aliphatic carbocycles. The van der Waals surface area contributed by atoms with Gasteiger partial charge in [-0.15, -0.1) is 0 Å². The van der Waals surface area contributed by atoms with Crippen molar-refractivity contribution in [1.82, 2.24) is 5.16 Å². The SMILES string of the molecule is CC(C)(C)OC(=O)c1conc1N. The molecule has 0 spiro atoms. The Hall–Kier alpha value is -1.52. The minimum absolute atomic E-state index is 0.0502. The lowest BCUT2D eigenvalue weighted by Crippen LogP contribution is -2.24. The molecule has 72 valence electrons. The second-order valence-electron chi connectivity index (χ2n) is 3.62. The fourth-order valence-corrected chi connectivity index (χ4v) is 0.731. The number of nitrogens with zero attached hydrogens (tertiary/aromatic N) is 1. The highest BCUT2D eigenvalue weighted by atomic mass is 16.6. The number of nitrogens with two attached hydrogens (primary N) is 1. The zero-order chi connectivity index (χ0) is 10.1. The van der Waals surface area contributed by atoms with Crippen LogP contribution in [0.4, 0.5) is 5.82 Å². The predicted octanol–water partition coefficient (Wildman–Crippen LogP) is 1.21. The van der Waals surface area contributed by atoms with Crippen molar-refractivity contribution in [2.75, 3.05) is 5.73 Å². The van der Waals surface area contributed by atoms with Crippen LogP contribution < -0.4 is 5.73 Å². The first-order valence-corrected chi connectivity index (χ1v) is 3.83. The van der Waals surface area contributed by atoms with Gasteiger partial charge in [0.05, 0.1) is 0 Å². The first-order valence-electron chi connectivity index (χ1n) is 3.83. The maximum absolute atomic E-state index is 11.3. The summed E-state index contributed by atoms with van der Waals surface area (Å²) in [5, 5.41) is 3.37. The quantitative estimate of drug-likeness (QED) is 0.663. The van der Waals surface area contributed by atoms with Gasteiger partial charge in [-0.05, 0) is 20.8 Å². The van der Waals surface area contributed by atoms with E-state index < -0.39 is 11.6 Å². The molecule has 1 rings (SSSR count). The number of anilines is 1. The van der Waals surface area contributed by atoms with Gasteiger partial charge < -0.3 is 15.0 Å². The van der Waals surface area contributed by atoms with E-state index in [1.807, 2.05) is 0 Å². The molecule has 1 aromatic rings. The standard InChI is InChI=1S/C8H12N2O3/c1-8(2,3)13-7(11)5-4-12-10-6(5)9/h4H,1-3H3,(H2,9,10). The number of hydrogen-bond acceptors (Lipinski definition) is 5. The van der Waals surface area contributed by atoms with Crippen molar-refractivity contribution in [3.05, 3.63) is 11.8 Å². The Morgan fingerprint density at radius 2 is 2.23 bits per heavy atom. The molecule has 0 aliphatic rings. The van der Waals surface area contributed by atoms with Crippen LogP contribution >= 0.6 is 0 Å². The van der Waals surface area contributed by atoms with Crippen molar-refractivity contribution in [1.29, 1.82) is 0 Å². The molecule has 0 fully saturated rings. The van der Waals surface area contributed by atoms with E-state index in [-0.39, 0.29) is 11.4 Å². The van der Waals surface area contributed by atoms with Gasteiger partial charge in [-0.3, -0.25) is 0 Å². The van der Waals surface area contributed by atoms with Crippen LogP contribution in [-0.2, 0) is 4.74 Å². The molecule has 0 saturated heterocycles. The van der Waals surface area contributed by atoms with Crippen molar-refractivity contribution in [2.45, 2.75) is 26.4 Å². The highest BCUT2D eigenvalue weighted by Crippen LogP contribution is 2.15. The first kappa shape index (κ1) is 9.57. The van der Waals surface area contributed by atoms with E-state index in [1.54, 1.807) is 20.8 Å². The van der Waals surface area contributed by atoms with Crippen LogP contribution in [0.15, 0.2) is 10.8 Å². The zero-order valence-corrected chi connectivity index (χ0v) is 7.83. The Morgan fingerprint density at radius 1 is 1.62 bits per heavy atom. The van der Waals surface area contributed by atoms with E-state index in [9.17, 15) is 4.79 Å². The highest BCUT2D eigenvalue weighted by Gasteiger charge is 2.21. The summed E-state index contributed by atoms with van der Waals surface area (Å²) in [5.74, 6) is -0.472. The van der Waals surface area contributed by atoms with Gasteiger partial charge in [0.15, 0.2) is 5.82 Å². The van der Waals surface area contributed by atoms with Crippen LogP contribution in [0, 0.1) is 0 Å². The van der Waals surface area contributed by atoms with E-state index in [4.69, 9.17) is 10.5 Å². The molecule has 0 atom stereocenters. The fraction of sp³-hybridized carbons (Fsp3) is 0.500. The zero-order valence-electron chi connectivity index (χ0n) is 7.83. The van der Waals surface area contributed by atoms with Gasteiger partial charge in [-0.25, -0.2) is 4.79 Å². The molecule has 13 heavy (non-hydrogen) atoms. The third-order valence-corrected chi connectivity index (χ3v) is 1.22. The molecule has 0 aromatic carbocycles. The molecule has 0 saturated carbocycles. The van der Waals surface area contributed by atoms with Crippen molar-refractivity contribution >= 4 is 11.8 Å². The lowest BCUT2D eigenvalue weighted by Gasteiger charge is -2.18. The summed E-state index contributed by atoms with van der Waals surface area (Å²) in [4.78, 5) is 11.3. The second-order valence-corrected chi connectivity index (χ2v) is 3.62. The molecule has 0 radical (unpaired) electrons. The summed E-state index contributed by atoms with van der Waals surface area (Å²) in [6.45, 7) is 5.32. The number of hydrogen-bond donors (Lipinski definition) is 1. The van der Waals surface area contributed by atoms with Gasteiger partial charge in [0.2, 0.25) is 0 Å². The van der Waals surface area contributed by atoms with Crippen LogP contribution in [0.1, 0.15) is 31.1 Å². The third-order valence-electron chi connectivity index (χ3n) is 1.22. The van der Waals surface area contributed by atoms with Crippen molar-refractivity contribution in [3.8, 4) is 0 Å². The summed E-state index contributed by atoms with van der Waals surface area (Å²) >= 11 is 0. The molecule has 0 aliphatic heterocycles. The Morgan fingerprint density at radius 3 is 2.62 bits per heavy atom. The maximum Gasteiger partial charge on any atom is 0.345 e. The number of aromatic nitrogens is 1. The van der Waals surface area contributed by atoms with Gasteiger partial charge in [0.25, 0.3) is 0 Å². The molecule has 0 amide bonds. The molecule has 1 heterocycles. The van der Waals surface area contributed by atoms with E-state index in [1.165, 1.54) is 6.26 Å². The average molecular weight is 184 g/mol. The van der Waals surface area contributed by atoms with Gasteiger partial charge in [0, 0.05) is 0 Å². The number of rotatable bonds is 1. The Bertz CT molecular complexity index is 311. The van der Waals surface area contributed by atoms with Crippen LogP contribution in [0.3, 0.4) is 0 Å². The van der Waals surface area contributed by atoms with Crippen LogP contribution in [0.2, 0.25) is 0 Å². The van der Waals surface area contributed by atoms with Gasteiger partial charge in [-0.1, -0.05) is 5.16 Å². The molecule has 5 nitrogen and oxygen atoms in total. The molecular weight excluding hydrogens is 172 g/mol. The van der Waals surface area contributed by atoms with Crippen molar-refractivity contribution in [2.24, 2.45) is 0 Å².